The first-order valence-electron chi connectivity index (χ1n) is 9.86. The van der Waals surface area contributed by atoms with E-state index in [1.165, 1.54) is 103 Å². The van der Waals surface area contributed by atoms with E-state index in [0.717, 1.165) is 6.42 Å². The van der Waals surface area contributed by atoms with Crippen LogP contribution >= 0.6 is 0 Å². The van der Waals surface area contributed by atoms with Crippen LogP contribution in [0.1, 0.15) is 116 Å². The summed E-state index contributed by atoms with van der Waals surface area (Å²) < 4.78 is 0. The molecule has 0 aromatic heterocycles. The van der Waals surface area contributed by atoms with Crippen molar-refractivity contribution < 1.29 is 0 Å². The largest absolute Gasteiger partial charge is 0.0885 e. The van der Waals surface area contributed by atoms with Gasteiger partial charge >= 0.3 is 0 Å². The lowest BCUT2D eigenvalue weighted by Crippen LogP contribution is -1.82. The summed E-state index contributed by atoms with van der Waals surface area (Å²) in [6.07, 6.45) is 28.3. The van der Waals surface area contributed by atoms with Crippen molar-refractivity contribution in [3.05, 3.63) is 19.1 Å². The minimum Gasteiger partial charge on any atom is -0.0885 e. The topological polar surface area (TPSA) is 0 Å². The molecule has 0 saturated heterocycles. The lowest BCUT2D eigenvalue weighted by Gasteiger charge is -2.01. The summed E-state index contributed by atoms with van der Waals surface area (Å²) >= 11 is 0. The molecule has 0 aliphatic rings. The summed E-state index contributed by atoms with van der Waals surface area (Å²) in [6, 6.07) is 0. The summed E-state index contributed by atoms with van der Waals surface area (Å²) in [5, 5.41) is 0. The Morgan fingerprint density at radius 2 is 0.905 bits per heavy atom. The van der Waals surface area contributed by atoms with Gasteiger partial charge in [0.2, 0.25) is 0 Å². The first-order chi connectivity index (χ1) is 10.4. The minimum atomic E-state index is 1.10. The summed E-state index contributed by atoms with van der Waals surface area (Å²) in [7, 11) is 0. The molecule has 0 unspecified atom stereocenters. The van der Waals surface area contributed by atoms with E-state index < -0.39 is 0 Å². The molecule has 0 aliphatic heterocycles. The van der Waals surface area contributed by atoms with Crippen molar-refractivity contribution >= 4 is 0 Å². The monoisotopic (exact) mass is 293 g/mol. The third-order valence-corrected chi connectivity index (χ3v) is 4.26. The van der Waals surface area contributed by atoms with Crippen molar-refractivity contribution in [1.82, 2.24) is 0 Å². The average Bonchev–Trinajstić information content (AvgIpc) is 2.50. The SMILES string of the molecule is [CH2]CCCCCC=CCCCCCCCCCCCCC. The molecule has 0 N–H and O–H groups in total. The summed E-state index contributed by atoms with van der Waals surface area (Å²) in [5.74, 6) is 0. The number of hydrogen-bond acceptors (Lipinski definition) is 0. The Hall–Kier alpha value is -0.260. The van der Waals surface area contributed by atoms with E-state index in [-0.39, 0.29) is 0 Å². The lowest BCUT2D eigenvalue weighted by atomic mass is 10.1. The van der Waals surface area contributed by atoms with Gasteiger partial charge in [-0.3, -0.25) is 0 Å². The second-order valence-electron chi connectivity index (χ2n) is 6.50. The van der Waals surface area contributed by atoms with Crippen LogP contribution in [-0.2, 0) is 0 Å². The average molecular weight is 294 g/mol. The maximum atomic E-state index is 3.88. The van der Waals surface area contributed by atoms with Gasteiger partial charge < -0.3 is 0 Å². The Morgan fingerprint density at radius 1 is 0.524 bits per heavy atom. The van der Waals surface area contributed by atoms with Crippen molar-refractivity contribution in [2.75, 3.05) is 0 Å². The fraction of sp³-hybridized carbons (Fsp3) is 0.857. The Balaban J connectivity index is 3.00. The van der Waals surface area contributed by atoms with Gasteiger partial charge in [0, 0.05) is 0 Å². The second kappa shape index (κ2) is 19.7. The minimum absolute atomic E-state index is 1.10. The van der Waals surface area contributed by atoms with Gasteiger partial charge in [-0.05, 0) is 25.7 Å². The summed E-state index contributed by atoms with van der Waals surface area (Å²) in [6.45, 7) is 6.17. The van der Waals surface area contributed by atoms with Gasteiger partial charge in [-0.15, -0.1) is 0 Å². The van der Waals surface area contributed by atoms with Crippen molar-refractivity contribution in [3.8, 4) is 0 Å². The third kappa shape index (κ3) is 19.7. The molecule has 125 valence electrons. The van der Waals surface area contributed by atoms with Crippen molar-refractivity contribution in [3.63, 3.8) is 0 Å². The highest BCUT2D eigenvalue weighted by molar-refractivity contribution is 4.81. The first-order valence-corrected chi connectivity index (χ1v) is 9.86. The van der Waals surface area contributed by atoms with Crippen LogP contribution < -0.4 is 0 Å². The van der Waals surface area contributed by atoms with Gasteiger partial charge in [-0.2, -0.15) is 0 Å². The molecule has 0 spiro atoms. The Labute approximate surface area is 135 Å². The molecule has 0 nitrogen and oxygen atoms in total. The molecule has 1 radical (unpaired) electrons. The molecule has 0 aliphatic carbocycles. The van der Waals surface area contributed by atoms with Crippen LogP contribution in [0.2, 0.25) is 0 Å². The zero-order chi connectivity index (χ0) is 15.4. The van der Waals surface area contributed by atoms with Crippen molar-refractivity contribution in [2.45, 2.75) is 116 Å². The molecule has 0 saturated carbocycles. The van der Waals surface area contributed by atoms with E-state index in [4.69, 9.17) is 0 Å². The van der Waals surface area contributed by atoms with Gasteiger partial charge in [0.25, 0.3) is 0 Å². The predicted molar refractivity (Wildman–Crippen MR) is 98.7 cm³/mol. The van der Waals surface area contributed by atoms with E-state index in [0.29, 0.717) is 0 Å². The van der Waals surface area contributed by atoms with E-state index in [1.54, 1.807) is 0 Å². The van der Waals surface area contributed by atoms with Gasteiger partial charge in [0.05, 0.1) is 0 Å². The van der Waals surface area contributed by atoms with Gasteiger partial charge in [-0.1, -0.05) is 109 Å². The second-order valence-corrected chi connectivity index (χ2v) is 6.50. The molecule has 0 aromatic rings. The molecule has 0 heterocycles. The zero-order valence-corrected chi connectivity index (χ0v) is 14.9. The van der Waals surface area contributed by atoms with Crippen LogP contribution in [0.25, 0.3) is 0 Å². The van der Waals surface area contributed by atoms with Gasteiger partial charge in [-0.25, -0.2) is 0 Å². The van der Waals surface area contributed by atoms with Crippen LogP contribution in [-0.4, -0.2) is 0 Å². The summed E-state index contributed by atoms with van der Waals surface area (Å²) in [5.41, 5.74) is 0. The maximum Gasteiger partial charge on any atom is -0.0351 e. The van der Waals surface area contributed by atoms with E-state index in [1.807, 2.05) is 0 Å². The molecule has 0 aromatic carbocycles. The maximum absolute atomic E-state index is 3.88. The summed E-state index contributed by atoms with van der Waals surface area (Å²) in [4.78, 5) is 0. The van der Waals surface area contributed by atoms with Crippen LogP contribution in [0.3, 0.4) is 0 Å². The van der Waals surface area contributed by atoms with Gasteiger partial charge in [0.15, 0.2) is 0 Å². The number of unbranched alkanes of at least 4 members (excludes halogenated alkanes) is 15. The molecule has 0 bridgehead atoms. The first kappa shape index (κ1) is 20.7. The number of rotatable bonds is 17. The number of hydrogen-bond donors (Lipinski definition) is 0. The number of allylic oxidation sites excluding steroid dienone is 2. The van der Waals surface area contributed by atoms with Gasteiger partial charge in [0.1, 0.15) is 0 Å². The molecular formula is C21H41. The fourth-order valence-electron chi connectivity index (χ4n) is 2.78. The molecular weight excluding hydrogens is 252 g/mol. The van der Waals surface area contributed by atoms with Crippen LogP contribution in [0.15, 0.2) is 12.2 Å². The Bertz CT molecular complexity index is 192. The third-order valence-electron chi connectivity index (χ3n) is 4.26. The Kier molecular flexibility index (Phi) is 19.5. The highest BCUT2D eigenvalue weighted by Crippen LogP contribution is 2.12. The molecule has 0 heteroatoms. The zero-order valence-electron chi connectivity index (χ0n) is 14.9. The quantitative estimate of drug-likeness (QED) is 0.188. The smallest absolute Gasteiger partial charge is 0.0351 e. The molecule has 0 fully saturated rings. The van der Waals surface area contributed by atoms with E-state index >= 15 is 0 Å². The molecule has 0 amide bonds. The van der Waals surface area contributed by atoms with E-state index in [2.05, 4.69) is 26.0 Å². The van der Waals surface area contributed by atoms with E-state index in [9.17, 15) is 0 Å². The highest BCUT2D eigenvalue weighted by atomic mass is 14.0. The highest BCUT2D eigenvalue weighted by Gasteiger charge is 1.92. The van der Waals surface area contributed by atoms with Crippen molar-refractivity contribution in [2.24, 2.45) is 0 Å². The van der Waals surface area contributed by atoms with Crippen molar-refractivity contribution in [1.29, 1.82) is 0 Å². The molecule has 21 heavy (non-hydrogen) atoms. The predicted octanol–water partition coefficient (Wildman–Crippen LogP) is 8.03. The normalized spacial score (nSPS) is 11.5. The van der Waals surface area contributed by atoms with Crippen LogP contribution in [0, 0.1) is 6.92 Å². The Morgan fingerprint density at radius 3 is 1.33 bits per heavy atom. The standard InChI is InChI=1S/C21H41/c1-3-5-7-9-11-13-15-17-19-21-20-18-16-14-12-10-8-6-4-2/h13,15H,1,3-12,14,16-21H2,2H3. The molecule has 0 rings (SSSR count). The molecule has 0 atom stereocenters. The fourth-order valence-corrected chi connectivity index (χ4v) is 2.78. The van der Waals surface area contributed by atoms with Crippen LogP contribution in [0.5, 0.6) is 0 Å². The van der Waals surface area contributed by atoms with Crippen LogP contribution in [0.4, 0.5) is 0 Å². The lowest BCUT2D eigenvalue weighted by molar-refractivity contribution is 0.550.